The first-order valence-corrected chi connectivity index (χ1v) is 6.12. The summed E-state index contributed by atoms with van der Waals surface area (Å²) in [6.07, 6.45) is 3.02. The van der Waals surface area contributed by atoms with Gasteiger partial charge in [0.25, 0.3) is 0 Å². The zero-order chi connectivity index (χ0) is 11.8. The maximum atomic E-state index is 11.9. The van der Waals surface area contributed by atoms with Crippen molar-refractivity contribution < 1.29 is 4.79 Å². The lowest BCUT2D eigenvalue weighted by atomic mass is 9.96. The predicted molar refractivity (Wildman–Crippen MR) is 67.4 cm³/mol. The zero-order valence-corrected chi connectivity index (χ0v) is 10.2. The number of amides is 1. The molecule has 1 atom stereocenters. The second kappa shape index (κ2) is 7.04. The Morgan fingerprint density at radius 3 is 2.50 bits per heavy atom. The van der Waals surface area contributed by atoms with E-state index in [4.69, 9.17) is 0 Å². The Labute approximate surface area is 98.1 Å². The molecule has 1 N–H and O–H groups in total. The molecule has 0 heterocycles. The summed E-state index contributed by atoms with van der Waals surface area (Å²) in [7, 11) is 0. The third kappa shape index (κ3) is 3.69. The van der Waals surface area contributed by atoms with Crippen LogP contribution in [0.2, 0.25) is 0 Å². The van der Waals surface area contributed by atoms with Crippen LogP contribution in [0.15, 0.2) is 30.3 Å². The van der Waals surface area contributed by atoms with Crippen LogP contribution in [0.25, 0.3) is 0 Å². The van der Waals surface area contributed by atoms with E-state index in [1.54, 1.807) is 0 Å². The summed E-state index contributed by atoms with van der Waals surface area (Å²) >= 11 is 0. The summed E-state index contributed by atoms with van der Waals surface area (Å²) in [6, 6.07) is 9.99. The SMILES string of the molecule is CCCCNC(=O)[C@H](CC)c1ccccc1. The standard InChI is InChI=1S/C14H21NO/c1-3-5-11-15-14(16)13(4-2)12-9-7-6-8-10-12/h6-10,13H,3-5,11H2,1-2H3,(H,15,16)/t13-/m1/s1. The predicted octanol–water partition coefficient (Wildman–Crippen LogP) is 3.10. The summed E-state index contributed by atoms with van der Waals surface area (Å²) in [5.74, 6) is 0.153. The molecule has 0 fully saturated rings. The molecule has 0 spiro atoms. The van der Waals surface area contributed by atoms with Crippen LogP contribution >= 0.6 is 0 Å². The Morgan fingerprint density at radius 1 is 1.25 bits per heavy atom. The topological polar surface area (TPSA) is 29.1 Å². The van der Waals surface area contributed by atoms with Crippen LogP contribution in [0.5, 0.6) is 0 Å². The van der Waals surface area contributed by atoms with Crippen molar-refractivity contribution >= 4 is 5.91 Å². The fraction of sp³-hybridized carbons (Fsp3) is 0.500. The molecule has 0 radical (unpaired) electrons. The van der Waals surface area contributed by atoms with Gasteiger partial charge in [-0.1, -0.05) is 50.6 Å². The molecule has 0 saturated heterocycles. The van der Waals surface area contributed by atoms with Crippen molar-refractivity contribution in [2.24, 2.45) is 0 Å². The summed E-state index contributed by atoms with van der Waals surface area (Å²) in [5, 5.41) is 2.99. The van der Waals surface area contributed by atoms with Gasteiger partial charge in [-0.15, -0.1) is 0 Å². The van der Waals surface area contributed by atoms with Crippen LogP contribution in [0.1, 0.15) is 44.6 Å². The fourth-order valence-electron chi connectivity index (χ4n) is 1.77. The second-order valence-electron chi connectivity index (χ2n) is 4.02. The quantitative estimate of drug-likeness (QED) is 0.732. The van der Waals surface area contributed by atoms with Crippen LogP contribution < -0.4 is 5.32 Å². The van der Waals surface area contributed by atoms with Crippen LogP contribution in [-0.2, 0) is 4.79 Å². The molecule has 2 heteroatoms. The molecule has 0 bridgehead atoms. The van der Waals surface area contributed by atoms with Crippen molar-refractivity contribution in [1.82, 2.24) is 5.32 Å². The first-order chi connectivity index (χ1) is 7.79. The van der Waals surface area contributed by atoms with Crippen molar-refractivity contribution in [3.8, 4) is 0 Å². The molecular weight excluding hydrogens is 198 g/mol. The molecule has 1 rings (SSSR count). The van der Waals surface area contributed by atoms with Gasteiger partial charge in [-0.3, -0.25) is 4.79 Å². The summed E-state index contributed by atoms with van der Waals surface area (Å²) in [5.41, 5.74) is 1.11. The number of nitrogens with one attached hydrogen (secondary N) is 1. The van der Waals surface area contributed by atoms with Gasteiger partial charge in [-0.25, -0.2) is 0 Å². The van der Waals surface area contributed by atoms with Gasteiger partial charge in [0.15, 0.2) is 0 Å². The number of rotatable bonds is 6. The molecule has 0 saturated carbocycles. The maximum Gasteiger partial charge on any atom is 0.227 e. The van der Waals surface area contributed by atoms with Crippen molar-refractivity contribution in [3.05, 3.63) is 35.9 Å². The third-order valence-corrected chi connectivity index (χ3v) is 2.76. The van der Waals surface area contributed by atoms with Crippen LogP contribution in [0.3, 0.4) is 0 Å². The number of hydrogen-bond donors (Lipinski definition) is 1. The molecule has 1 aromatic rings. The Morgan fingerprint density at radius 2 is 1.94 bits per heavy atom. The fourth-order valence-corrected chi connectivity index (χ4v) is 1.77. The lowest BCUT2D eigenvalue weighted by Gasteiger charge is -2.15. The molecular formula is C14H21NO. The first kappa shape index (κ1) is 12.8. The number of carbonyl (C=O) groups excluding carboxylic acids is 1. The third-order valence-electron chi connectivity index (χ3n) is 2.76. The number of hydrogen-bond acceptors (Lipinski definition) is 1. The van der Waals surface area contributed by atoms with Gasteiger partial charge < -0.3 is 5.32 Å². The Hall–Kier alpha value is -1.31. The first-order valence-electron chi connectivity index (χ1n) is 6.12. The van der Waals surface area contributed by atoms with Gasteiger partial charge in [-0.05, 0) is 18.4 Å². The monoisotopic (exact) mass is 219 g/mol. The summed E-state index contributed by atoms with van der Waals surface area (Å²) in [6.45, 7) is 4.97. The van der Waals surface area contributed by atoms with Gasteiger partial charge in [0, 0.05) is 6.54 Å². The molecule has 0 unspecified atom stereocenters. The highest BCUT2D eigenvalue weighted by atomic mass is 16.1. The molecule has 16 heavy (non-hydrogen) atoms. The molecule has 0 aliphatic rings. The maximum absolute atomic E-state index is 11.9. The minimum absolute atomic E-state index is 0.00180. The van der Waals surface area contributed by atoms with E-state index < -0.39 is 0 Å². The minimum atomic E-state index is -0.00180. The van der Waals surface area contributed by atoms with Crippen LogP contribution in [0.4, 0.5) is 0 Å². The Bertz CT molecular complexity index is 308. The lowest BCUT2D eigenvalue weighted by molar-refractivity contribution is -0.122. The van der Waals surface area contributed by atoms with E-state index >= 15 is 0 Å². The van der Waals surface area contributed by atoms with Crippen LogP contribution in [0, 0.1) is 0 Å². The average Bonchev–Trinajstić information content (AvgIpc) is 2.32. The van der Waals surface area contributed by atoms with Gasteiger partial charge in [0.2, 0.25) is 5.91 Å². The normalized spacial score (nSPS) is 12.1. The smallest absolute Gasteiger partial charge is 0.227 e. The van der Waals surface area contributed by atoms with Crippen LogP contribution in [-0.4, -0.2) is 12.5 Å². The molecule has 1 amide bonds. The van der Waals surface area contributed by atoms with Crippen molar-refractivity contribution in [2.45, 2.75) is 39.0 Å². The lowest BCUT2D eigenvalue weighted by Crippen LogP contribution is -2.29. The molecule has 0 aliphatic carbocycles. The van der Waals surface area contributed by atoms with E-state index in [1.807, 2.05) is 30.3 Å². The number of unbranched alkanes of at least 4 members (excludes halogenated alkanes) is 1. The highest BCUT2D eigenvalue weighted by Crippen LogP contribution is 2.18. The van der Waals surface area contributed by atoms with E-state index in [1.165, 1.54) is 0 Å². The molecule has 88 valence electrons. The van der Waals surface area contributed by atoms with Crippen molar-refractivity contribution in [2.75, 3.05) is 6.54 Å². The van der Waals surface area contributed by atoms with Crippen molar-refractivity contribution in [1.29, 1.82) is 0 Å². The number of carbonyl (C=O) groups is 1. The van der Waals surface area contributed by atoms with E-state index in [2.05, 4.69) is 19.2 Å². The Balaban J connectivity index is 2.57. The van der Waals surface area contributed by atoms with Gasteiger partial charge >= 0.3 is 0 Å². The molecule has 2 nitrogen and oxygen atoms in total. The average molecular weight is 219 g/mol. The van der Waals surface area contributed by atoms with E-state index in [-0.39, 0.29) is 11.8 Å². The molecule has 0 aromatic heterocycles. The highest BCUT2D eigenvalue weighted by Gasteiger charge is 2.17. The van der Waals surface area contributed by atoms with Gasteiger partial charge in [0.1, 0.15) is 0 Å². The zero-order valence-electron chi connectivity index (χ0n) is 10.2. The van der Waals surface area contributed by atoms with E-state index in [9.17, 15) is 4.79 Å². The van der Waals surface area contributed by atoms with Gasteiger partial charge in [0.05, 0.1) is 5.92 Å². The van der Waals surface area contributed by atoms with E-state index in [0.29, 0.717) is 0 Å². The summed E-state index contributed by atoms with van der Waals surface area (Å²) in [4.78, 5) is 11.9. The molecule has 1 aromatic carbocycles. The number of benzene rings is 1. The molecule has 0 aliphatic heterocycles. The van der Waals surface area contributed by atoms with Crippen molar-refractivity contribution in [3.63, 3.8) is 0 Å². The summed E-state index contributed by atoms with van der Waals surface area (Å²) < 4.78 is 0. The Kier molecular flexibility index (Phi) is 5.62. The van der Waals surface area contributed by atoms with Gasteiger partial charge in [-0.2, -0.15) is 0 Å². The van der Waals surface area contributed by atoms with E-state index in [0.717, 1.165) is 31.4 Å². The largest absolute Gasteiger partial charge is 0.356 e. The highest BCUT2D eigenvalue weighted by molar-refractivity contribution is 5.83. The second-order valence-corrected chi connectivity index (χ2v) is 4.02. The minimum Gasteiger partial charge on any atom is -0.356 e.